The molecule has 0 spiro atoms. The van der Waals surface area contributed by atoms with Gasteiger partial charge in [0.15, 0.2) is 0 Å². The third kappa shape index (κ3) is 1.65. The summed E-state index contributed by atoms with van der Waals surface area (Å²) in [5.41, 5.74) is 6.83. The summed E-state index contributed by atoms with van der Waals surface area (Å²) >= 11 is 0. The number of rotatable bonds is 3. The van der Waals surface area contributed by atoms with Gasteiger partial charge in [0.25, 0.3) is 5.69 Å². The van der Waals surface area contributed by atoms with Gasteiger partial charge in [0.2, 0.25) is 0 Å². The van der Waals surface area contributed by atoms with Crippen molar-refractivity contribution in [1.82, 2.24) is 4.57 Å². The van der Waals surface area contributed by atoms with Crippen LogP contribution in [-0.4, -0.2) is 9.49 Å². The predicted octanol–water partition coefficient (Wildman–Crippen LogP) is 2.42. The number of nitro benzene ring substituents is 1. The molecule has 0 saturated carbocycles. The lowest BCUT2D eigenvalue weighted by Crippen LogP contribution is -2.16. The lowest BCUT2D eigenvalue weighted by molar-refractivity contribution is -0.384. The first kappa shape index (κ1) is 10.6. The average molecular weight is 219 g/mol. The molecule has 1 unspecified atom stereocenters. The van der Waals surface area contributed by atoms with Gasteiger partial charge in [-0.2, -0.15) is 0 Å². The zero-order chi connectivity index (χ0) is 11.7. The average Bonchev–Trinajstić information content (AvgIpc) is 2.70. The Bertz CT molecular complexity index is 533. The molecule has 1 atom stereocenters. The van der Waals surface area contributed by atoms with E-state index < -0.39 is 4.92 Å². The molecule has 16 heavy (non-hydrogen) atoms. The maximum Gasteiger partial charge on any atom is 0.271 e. The molecule has 1 aromatic carbocycles. The van der Waals surface area contributed by atoms with Crippen molar-refractivity contribution in [2.45, 2.75) is 19.5 Å². The second kappa shape index (κ2) is 3.94. The maximum absolute atomic E-state index is 10.7. The molecule has 84 valence electrons. The lowest BCUT2D eigenvalue weighted by Gasteiger charge is -2.12. The number of aromatic nitrogens is 1. The largest absolute Gasteiger partial charge is 0.331 e. The quantitative estimate of drug-likeness (QED) is 0.636. The Labute approximate surface area is 92.6 Å². The number of non-ortho nitro benzene ring substituents is 1. The first-order chi connectivity index (χ1) is 7.63. The first-order valence-corrected chi connectivity index (χ1v) is 5.14. The highest BCUT2D eigenvalue weighted by Gasteiger charge is 2.11. The summed E-state index contributed by atoms with van der Waals surface area (Å²) in [6.07, 6.45) is 2.51. The fourth-order valence-corrected chi connectivity index (χ4v) is 1.74. The van der Waals surface area contributed by atoms with Crippen LogP contribution in [0.3, 0.4) is 0 Å². The third-order valence-electron chi connectivity index (χ3n) is 2.69. The Morgan fingerprint density at radius 2 is 2.25 bits per heavy atom. The molecule has 2 rings (SSSR count). The van der Waals surface area contributed by atoms with Crippen molar-refractivity contribution in [2.75, 3.05) is 0 Å². The Balaban J connectivity index is 2.60. The van der Waals surface area contributed by atoms with Gasteiger partial charge in [-0.05, 0) is 18.6 Å². The molecule has 2 aromatic rings. The highest BCUT2D eigenvalue weighted by molar-refractivity contribution is 5.82. The molecule has 0 aliphatic carbocycles. The van der Waals surface area contributed by atoms with Gasteiger partial charge in [-0.15, -0.1) is 0 Å². The minimum atomic E-state index is -0.395. The number of hydrogen-bond donors (Lipinski definition) is 1. The Morgan fingerprint density at radius 3 is 2.88 bits per heavy atom. The van der Waals surface area contributed by atoms with Crippen LogP contribution in [0.15, 0.2) is 30.5 Å². The molecule has 0 saturated heterocycles. The summed E-state index contributed by atoms with van der Waals surface area (Å²) in [6, 6.07) is 6.72. The summed E-state index contributed by atoms with van der Waals surface area (Å²) in [4.78, 5) is 10.3. The second-order valence-corrected chi connectivity index (χ2v) is 3.70. The molecule has 5 heteroatoms. The number of nitrogens with zero attached hydrogens (tertiary/aromatic N) is 2. The molecular weight excluding hydrogens is 206 g/mol. The van der Waals surface area contributed by atoms with Crippen LogP contribution in [0.2, 0.25) is 0 Å². The van der Waals surface area contributed by atoms with Crippen molar-refractivity contribution in [3.8, 4) is 0 Å². The standard InChI is InChI=1S/C11H13N3O2/c1-2-11(12)13-6-5-8-3-4-9(14(15)16)7-10(8)13/h3-7,11H,2,12H2,1H3. The molecular formula is C11H13N3O2. The monoisotopic (exact) mass is 219 g/mol. The van der Waals surface area contributed by atoms with Gasteiger partial charge in [-0.1, -0.05) is 6.92 Å². The molecule has 5 nitrogen and oxygen atoms in total. The van der Waals surface area contributed by atoms with Crippen molar-refractivity contribution < 1.29 is 4.92 Å². The van der Waals surface area contributed by atoms with Crippen molar-refractivity contribution >= 4 is 16.6 Å². The molecule has 2 N–H and O–H groups in total. The van der Waals surface area contributed by atoms with Crippen molar-refractivity contribution in [3.63, 3.8) is 0 Å². The molecule has 0 aliphatic rings. The van der Waals surface area contributed by atoms with E-state index in [4.69, 9.17) is 5.73 Å². The van der Waals surface area contributed by atoms with E-state index in [-0.39, 0.29) is 11.9 Å². The molecule has 0 bridgehead atoms. The van der Waals surface area contributed by atoms with Crippen molar-refractivity contribution in [3.05, 3.63) is 40.6 Å². The highest BCUT2D eigenvalue weighted by atomic mass is 16.6. The fourth-order valence-electron chi connectivity index (χ4n) is 1.74. The summed E-state index contributed by atoms with van der Waals surface area (Å²) in [5.74, 6) is 0. The Hall–Kier alpha value is -1.88. The van der Waals surface area contributed by atoms with Gasteiger partial charge in [0.1, 0.15) is 0 Å². The van der Waals surface area contributed by atoms with Crippen LogP contribution in [-0.2, 0) is 0 Å². The number of benzene rings is 1. The van der Waals surface area contributed by atoms with Crippen LogP contribution in [0.25, 0.3) is 10.9 Å². The van der Waals surface area contributed by atoms with Crippen LogP contribution >= 0.6 is 0 Å². The predicted molar refractivity (Wildman–Crippen MR) is 62.1 cm³/mol. The van der Waals surface area contributed by atoms with Crippen molar-refractivity contribution in [2.24, 2.45) is 5.73 Å². The van der Waals surface area contributed by atoms with Gasteiger partial charge in [-0.3, -0.25) is 10.1 Å². The maximum atomic E-state index is 10.7. The number of hydrogen-bond acceptors (Lipinski definition) is 3. The van der Waals surface area contributed by atoms with Gasteiger partial charge in [0, 0.05) is 23.7 Å². The number of nitrogens with two attached hydrogens (primary N) is 1. The number of nitro groups is 1. The molecule has 1 heterocycles. The molecule has 1 aromatic heterocycles. The van der Waals surface area contributed by atoms with E-state index in [0.29, 0.717) is 0 Å². The van der Waals surface area contributed by atoms with Crippen molar-refractivity contribution in [1.29, 1.82) is 0 Å². The fraction of sp³-hybridized carbons (Fsp3) is 0.273. The van der Waals surface area contributed by atoms with E-state index in [1.807, 2.05) is 23.8 Å². The van der Waals surface area contributed by atoms with Crippen LogP contribution in [0, 0.1) is 10.1 Å². The summed E-state index contributed by atoms with van der Waals surface area (Å²) < 4.78 is 1.86. The molecule has 0 amide bonds. The summed E-state index contributed by atoms with van der Waals surface area (Å²) in [7, 11) is 0. The zero-order valence-corrected chi connectivity index (χ0v) is 8.96. The lowest BCUT2D eigenvalue weighted by atomic mass is 10.2. The van der Waals surface area contributed by atoms with Gasteiger partial charge < -0.3 is 10.3 Å². The van der Waals surface area contributed by atoms with Gasteiger partial charge in [-0.25, -0.2) is 0 Å². The molecule has 0 aliphatic heterocycles. The summed E-state index contributed by atoms with van der Waals surface area (Å²) in [5, 5.41) is 11.6. The highest BCUT2D eigenvalue weighted by Crippen LogP contribution is 2.24. The normalized spacial score (nSPS) is 12.9. The van der Waals surface area contributed by atoms with Crippen LogP contribution in [0.4, 0.5) is 5.69 Å². The Kier molecular flexibility index (Phi) is 2.62. The van der Waals surface area contributed by atoms with Gasteiger partial charge in [0.05, 0.1) is 16.6 Å². The summed E-state index contributed by atoms with van der Waals surface area (Å²) in [6.45, 7) is 1.98. The van der Waals surface area contributed by atoms with Crippen LogP contribution in [0.5, 0.6) is 0 Å². The first-order valence-electron chi connectivity index (χ1n) is 5.14. The third-order valence-corrected chi connectivity index (χ3v) is 2.69. The van der Waals surface area contributed by atoms with Crippen LogP contribution in [0.1, 0.15) is 19.5 Å². The molecule has 0 radical (unpaired) electrons. The number of fused-ring (bicyclic) bond motifs is 1. The van der Waals surface area contributed by atoms with Gasteiger partial charge >= 0.3 is 0 Å². The van der Waals surface area contributed by atoms with Crippen LogP contribution < -0.4 is 5.73 Å². The van der Waals surface area contributed by atoms with E-state index in [2.05, 4.69) is 0 Å². The smallest absolute Gasteiger partial charge is 0.271 e. The van der Waals surface area contributed by atoms with E-state index in [9.17, 15) is 10.1 Å². The molecule has 0 fully saturated rings. The Morgan fingerprint density at radius 1 is 1.50 bits per heavy atom. The zero-order valence-electron chi connectivity index (χ0n) is 8.96. The van der Waals surface area contributed by atoms with E-state index in [1.54, 1.807) is 12.1 Å². The second-order valence-electron chi connectivity index (χ2n) is 3.70. The van der Waals surface area contributed by atoms with E-state index in [1.165, 1.54) is 6.07 Å². The van der Waals surface area contributed by atoms with E-state index in [0.717, 1.165) is 17.3 Å². The minimum Gasteiger partial charge on any atom is -0.331 e. The topological polar surface area (TPSA) is 74.1 Å². The SMILES string of the molecule is CCC(N)n1ccc2ccc([N+](=O)[O-])cc21. The van der Waals surface area contributed by atoms with E-state index >= 15 is 0 Å². The minimum absolute atomic E-state index is 0.0933.